The van der Waals surface area contributed by atoms with E-state index in [4.69, 9.17) is 0 Å². The molecule has 0 aliphatic heterocycles. The first kappa shape index (κ1) is 15.6. The largest absolute Gasteiger partial charge is 0.360 e. The van der Waals surface area contributed by atoms with E-state index in [-0.39, 0.29) is 0 Å². The van der Waals surface area contributed by atoms with Crippen LogP contribution in [-0.2, 0) is 12.2 Å². The third kappa shape index (κ3) is 3.77. The second-order valence-electron chi connectivity index (χ2n) is 5.12. The van der Waals surface area contributed by atoms with Gasteiger partial charge in [-0.1, -0.05) is 35.2 Å². The predicted molar refractivity (Wildman–Crippen MR) is 101 cm³/mol. The van der Waals surface area contributed by atoms with Gasteiger partial charge in [0.2, 0.25) is 5.13 Å². The van der Waals surface area contributed by atoms with E-state index >= 15 is 0 Å². The van der Waals surface area contributed by atoms with Crippen molar-refractivity contribution >= 4 is 45.2 Å². The van der Waals surface area contributed by atoms with E-state index in [1.165, 1.54) is 4.88 Å². The lowest BCUT2D eigenvalue weighted by atomic mass is 10.3. The number of pyridine rings is 1. The summed E-state index contributed by atoms with van der Waals surface area (Å²) >= 11 is 5.05. The minimum atomic E-state index is 0.797. The van der Waals surface area contributed by atoms with Crippen LogP contribution in [0.4, 0.5) is 5.13 Å². The topological polar surface area (TPSA) is 55.1 Å². The molecule has 5 nitrogen and oxygen atoms in total. The first-order valence-electron chi connectivity index (χ1n) is 7.52. The van der Waals surface area contributed by atoms with E-state index in [2.05, 4.69) is 44.2 Å². The van der Waals surface area contributed by atoms with Crippen LogP contribution in [0.25, 0.3) is 5.65 Å². The molecule has 4 aromatic rings. The SMILES string of the molecule is c1csc(CCNc2nnc(SCc3cn4ccccc4n3)s2)c1. The Bertz CT molecular complexity index is 880. The monoisotopic (exact) mass is 373 g/mol. The van der Waals surface area contributed by atoms with Crippen LogP contribution < -0.4 is 5.32 Å². The maximum absolute atomic E-state index is 4.60. The van der Waals surface area contributed by atoms with Crippen molar-refractivity contribution in [3.05, 3.63) is 58.7 Å². The number of nitrogens with zero attached hydrogens (tertiary/aromatic N) is 4. The minimum absolute atomic E-state index is 0.797. The molecule has 4 rings (SSSR count). The molecule has 0 unspecified atom stereocenters. The van der Waals surface area contributed by atoms with E-state index in [1.807, 2.05) is 28.8 Å². The molecule has 0 radical (unpaired) electrons. The first-order valence-corrected chi connectivity index (χ1v) is 10.2. The van der Waals surface area contributed by atoms with Crippen molar-refractivity contribution < 1.29 is 0 Å². The summed E-state index contributed by atoms with van der Waals surface area (Å²) in [5, 5.41) is 14.8. The Hall–Kier alpha value is -1.90. The summed E-state index contributed by atoms with van der Waals surface area (Å²) in [6.45, 7) is 0.881. The molecular weight excluding hydrogens is 358 g/mol. The molecule has 0 spiro atoms. The summed E-state index contributed by atoms with van der Waals surface area (Å²) in [7, 11) is 0. The number of anilines is 1. The van der Waals surface area contributed by atoms with Gasteiger partial charge in [-0.05, 0) is 30.0 Å². The van der Waals surface area contributed by atoms with Gasteiger partial charge >= 0.3 is 0 Å². The molecule has 0 atom stereocenters. The lowest BCUT2D eigenvalue weighted by molar-refractivity contribution is 0.979. The number of thiophene rings is 1. The van der Waals surface area contributed by atoms with Crippen molar-refractivity contribution in [3.8, 4) is 0 Å². The number of hydrogen-bond acceptors (Lipinski definition) is 7. The van der Waals surface area contributed by atoms with Crippen molar-refractivity contribution in [2.45, 2.75) is 16.5 Å². The van der Waals surface area contributed by atoms with Gasteiger partial charge < -0.3 is 9.72 Å². The van der Waals surface area contributed by atoms with Gasteiger partial charge in [0.05, 0.1) is 5.69 Å². The molecule has 24 heavy (non-hydrogen) atoms. The molecule has 0 saturated carbocycles. The van der Waals surface area contributed by atoms with Gasteiger partial charge in [-0.25, -0.2) is 4.98 Å². The standard InChI is InChI=1S/C16H15N5S3/c1-2-8-21-10-12(18-14(21)5-1)11-23-16-20-19-15(24-16)17-7-6-13-4-3-9-22-13/h1-5,8-10H,6-7,11H2,(H,17,19). The molecule has 0 aromatic carbocycles. The molecule has 0 fully saturated rings. The zero-order chi connectivity index (χ0) is 16.2. The van der Waals surface area contributed by atoms with E-state index < -0.39 is 0 Å². The molecule has 4 heterocycles. The van der Waals surface area contributed by atoms with E-state index in [9.17, 15) is 0 Å². The van der Waals surface area contributed by atoms with Gasteiger partial charge in [0.15, 0.2) is 4.34 Å². The summed E-state index contributed by atoms with van der Waals surface area (Å²) in [4.78, 5) is 5.98. The zero-order valence-electron chi connectivity index (χ0n) is 12.8. The Labute approximate surface area is 151 Å². The lowest BCUT2D eigenvalue weighted by Crippen LogP contribution is -2.03. The molecular formula is C16H15N5S3. The van der Waals surface area contributed by atoms with E-state index in [0.29, 0.717) is 0 Å². The Morgan fingerprint density at radius 2 is 2.17 bits per heavy atom. The average molecular weight is 374 g/mol. The van der Waals surface area contributed by atoms with Crippen molar-refractivity contribution in [1.29, 1.82) is 0 Å². The summed E-state index contributed by atoms with van der Waals surface area (Å²) < 4.78 is 3.00. The number of imidazole rings is 1. The van der Waals surface area contributed by atoms with Crippen molar-refractivity contribution in [3.63, 3.8) is 0 Å². The summed E-state index contributed by atoms with van der Waals surface area (Å²) in [5.74, 6) is 0.797. The maximum Gasteiger partial charge on any atom is 0.206 e. The van der Waals surface area contributed by atoms with Crippen LogP contribution in [0.3, 0.4) is 0 Å². The highest BCUT2D eigenvalue weighted by molar-refractivity contribution is 8.00. The summed E-state index contributed by atoms with van der Waals surface area (Å²) in [6, 6.07) is 10.2. The predicted octanol–water partition coefficient (Wildman–Crippen LogP) is 4.19. The number of fused-ring (bicyclic) bond motifs is 1. The minimum Gasteiger partial charge on any atom is -0.360 e. The fraction of sp³-hybridized carbons (Fsp3) is 0.188. The van der Waals surface area contributed by atoms with Gasteiger partial charge in [-0.3, -0.25) is 0 Å². The van der Waals surface area contributed by atoms with Crippen LogP contribution in [0.2, 0.25) is 0 Å². The van der Waals surface area contributed by atoms with E-state index in [0.717, 1.165) is 39.5 Å². The van der Waals surface area contributed by atoms with Crippen LogP contribution in [0.5, 0.6) is 0 Å². The smallest absolute Gasteiger partial charge is 0.206 e. The van der Waals surface area contributed by atoms with Gasteiger partial charge in [-0.2, -0.15) is 0 Å². The highest BCUT2D eigenvalue weighted by atomic mass is 32.2. The molecule has 0 amide bonds. The van der Waals surface area contributed by atoms with Crippen molar-refractivity contribution in [2.24, 2.45) is 0 Å². The van der Waals surface area contributed by atoms with Gasteiger partial charge in [0.1, 0.15) is 5.65 Å². The third-order valence-corrected chi connectivity index (χ3v) is 6.38. The van der Waals surface area contributed by atoms with Crippen LogP contribution in [0.15, 0.2) is 52.4 Å². The second-order valence-corrected chi connectivity index (χ2v) is 8.35. The third-order valence-electron chi connectivity index (χ3n) is 3.39. The number of thioether (sulfide) groups is 1. The average Bonchev–Trinajstić information content (AvgIpc) is 3.33. The highest BCUT2D eigenvalue weighted by Crippen LogP contribution is 2.28. The molecule has 1 N–H and O–H groups in total. The van der Waals surface area contributed by atoms with Crippen molar-refractivity contribution in [1.82, 2.24) is 19.6 Å². The number of aromatic nitrogens is 4. The fourth-order valence-electron chi connectivity index (χ4n) is 2.28. The van der Waals surface area contributed by atoms with Crippen LogP contribution in [-0.4, -0.2) is 26.1 Å². The Kier molecular flexibility index (Phi) is 4.77. The number of rotatable bonds is 7. The fourth-order valence-corrected chi connectivity index (χ4v) is 4.65. The van der Waals surface area contributed by atoms with Crippen LogP contribution in [0.1, 0.15) is 10.6 Å². The molecule has 0 bridgehead atoms. The summed E-state index contributed by atoms with van der Waals surface area (Å²) in [5.41, 5.74) is 2.02. The Morgan fingerprint density at radius 3 is 3.04 bits per heavy atom. The second kappa shape index (κ2) is 7.33. The highest BCUT2D eigenvalue weighted by Gasteiger charge is 2.07. The van der Waals surface area contributed by atoms with Gasteiger partial charge in [0.25, 0.3) is 0 Å². The maximum atomic E-state index is 4.60. The van der Waals surface area contributed by atoms with Crippen LogP contribution in [0, 0.1) is 0 Å². The molecule has 0 aliphatic carbocycles. The molecule has 8 heteroatoms. The van der Waals surface area contributed by atoms with Crippen molar-refractivity contribution in [2.75, 3.05) is 11.9 Å². The van der Waals surface area contributed by atoms with Gasteiger partial charge in [-0.15, -0.1) is 21.5 Å². The Balaban J connectivity index is 1.30. The quantitative estimate of drug-likeness (QED) is 0.492. The molecule has 0 aliphatic rings. The lowest BCUT2D eigenvalue weighted by Gasteiger charge is -1.99. The zero-order valence-corrected chi connectivity index (χ0v) is 15.2. The number of hydrogen-bond donors (Lipinski definition) is 1. The van der Waals surface area contributed by atoms with Crippen LogP contribution >= 0.6 is 34.4 Å². The first-order chi connectivity index (χ1) is 11.9. The Morgan fingerprint density at radius 1 is 1.17 bits per heavy atom. The number of nitrogens with one attached hydrogen (secondary N) is 1. The molecule has 4 aromatic heterocycles. The van der Waals surface area contributed by atoms with E-state index in [1.54, 1.807) is 34.4 Å². The summed E-state index contributed by atoms with van der Waals surface area (Å²) in [6.07, 6.45) is 5.08. The molecule has 122 valence electrons. The molecule has 0 saturated heterocycles. The van der Waals surface area contributed by atoms with Gasteiger partial charge in [0, 0.05) is 29.6 Å². The normalized spacial score (nSPS) is 11.2.